The number of amides is 1. The first-order valence-electron chi connectivity index (χ1n) is 11.2. The lowest BCUT2D eigenvalue weighted by Gasteiger charge is -2.12. The smallest absolute Gasteiger partial charge is 0.243 e. The normalized spacial score (nSPS) is 12.4. The van der Waals surface area contributed by atoms with E-state index in [2.05, 4.69) is 54.1 Å². The first-order valence-corrected chi connectivity index (χ1v) is 11.2. The zero-order chi connectivity index (χ0) is 22.1. The van der Waals surface area contributed by atoms with Crippen LogP contribution in [0.4, 0.5) is 0 Å². The van der Waals surface area contributed by atoms with Crippen molar-refractivity contribution in [2.24, 2.45) is 0 Å². The predicted octanol–water partition coefficient (Wildman–Crippen LogP) is 5.25. The number of para-hydroxylation sites is 2. The van der Waals surface area contributed by atoms with Crippen LogP contribution in [0.15, 0.2) is 60.7 Å². The first kappa shape index (κ1) is 22.6. The third-order valence-corrected chi connectivity index (χ3v) is 5.56. The van der Waals surface area contributed by atoms with Crippen LogP contribution in [0, 0.1) is 0 Å². The number of aryl methyl sites for hydroxylation is 1. The minimum absolute atomic E-state index is 0.0714. The fourth-order valence-corrected chi connectivity index (χ4v) is 3.61. The Morgan fingerprint density at radius 1 is 1.19 bits per heavy atom. The van der Waals surface area contributed by atoms with Crippen molar-refractivity contribution in [3.05, 3.63) is 72.1 Å². The van der Waals surface area contributed by atoms with Crippen LogP contribution < -0.4 is 10.1 Å². The number of ether oxygens (including phenoxy) is 1. The van der Waals surface area contributed by atoms with Gasteiger partial charge in [-0.15, -0.1) is 0 Å². The van der Waals surface area contributed by atoms with Crippen molar-refractivity contribution in [2.75, 3.05) is 13.2 Å². The summed E-state index contributed by atoms with van der Waals surface area (Å²) in [5, 5.41) is 2.91. The first-order chi connectivity index (χ1) is 15.1. The molecule has 0 saturated carbocycles. The summed E-state index contributed by atoms with van der Waals surface area (Å²) in [6, 6.07) is 16.6. The molecule has 0 saturated heterocycles. The van der Waals surface area contributed by atoms with Crippen LogP contribution in [0.5, 0.6) is 5.75 Å². The lowest BCUT2D eigenvalue weighted by atomic mass is 9.99. The Labute approximate surface area is 185 Å². The summed E-state index contributed by atoms with van der Waals surface area (Å²) < 4.78 is 8.21. The largest absolute Gasteiger partial charge is 0.494 e. The number of allylic oxidation sites excluding steroid dienone is 1. The van der Waals surface area contributed by atoms with E-state index >= 15 is 0 Å². The Bertz CT molecular complexity index is 1010. The molecule has 2 aromatic carbocycles. The number of benzene rings is 2. The van der Waals surface area contributed by atoms with Gasteiger partial charge in [0.25, 0.3) is 0 Å². The molecule has 5 nitrogen and oxygen atoms in total. The molecule has 0 aliphatic carbocycles. The summed E-state index contributed by atoms with van der Waals surface area (Å²) >= 11 is 0. The van der Waals surface area contributed by atoms with Gasteiger partial charge in [0.05, 0.1) is 17.6 Å². The summed E-state index contributed by atoms with van der Waals surface area (Å²) in [7, 11) is 0. The van der Waals surface area contributed by atoms with E-state index in [1.165, 1.54) is 11.6 Å². The van der Waals surface area contributed by atoms with E-state index in [1.807, 2.05) is 25.1 Å². The Morgan fingerprint density at radius 2 is 1.97 bits per heavy atom. The minimum atomic E-state index is -0.0714. The molecule has 3 rings (SSSR count). The molecule has 0 spiro atoms. The van der Waals surface area contributed by atoms with Gasteiger partial charge in [-0.2, -0.15) is 0 Å². The summed E-state index contributed by atoms with van der Waals surface area (Å²) in [6.45, 7) is 8.32. The van der Waals surface area contributed by atoms with Gasteiger partial charge in [0.2, 0.25) is 5.91 Å². The average Bonchev–Trinajstić information content (AvgIpc) is 3.14. The zero-order valence-electron chi connectivity index (χ0n) is 18.8. The van der Waals surface area contributed by atoms with Crippen molar-refractivity contribution in [2.45, 2.75) is 52.5 Å². The second kappa shape index (κ2) is 11.3. The number of aromatic nitrogens is 2. The van der Waals surface area contributed by atoms with Gasteiger partial charge in [-0.3, -0.25) is 4.79 Å². The van der Waals surface area contributed by atoms with Gasteiger partial charge in [0.1, 0.15) is 11.6 Å². The van der Waals surface area contributed by atoms with Crippen molar-refractivity contribution < 1.29 is 9.53 Å². The third-order valence-electron chi connectivity index (χ3n) is 5.56. The fraction of sp³-hybridized carbons (Fsp3) is 0.385. The summed E-state index contributed by atoms with van der Waals surface area (Å²) in [5.41, 5.74) is 3.46. The molecule has 1 unspecified atom stereocenters. The van der Waals surface area contributed by atoms with Crippen LogP contribution in [-0.4, -0.2) is 28.6 Å². The van der Waals surface area contributed by atoms with E-state index in [4.69, 9.17) is 9.72 Å². The van der Waals surface area contributed by atoms with Gasteiger partial charge in [-0.1, -0.05) is 44.2 Å². The molecule has 31 heavy (non-hydrogen) atoms. The van der Waals surface area contributed by atoms with Gasteiger partial charge in [0, 0.05) is 19.5 Å². The highest BCUT2D eigenvalue weighted by atomic mass is 16.5. The number of carbonyl (C=O) groups excluding carboxylic acids is 1. The monoisotopic (exact) mass is 419 g/mol. The molecule has 3 aromatic rings. The standard InChI is InChI=1S/C26H33N3O2/c1-4-9-26(30)27-17-16-25-28-23-10-6-7-11-24(23)29(25)18-8-19-31-22-14-12-21(13-15-22)20(3)5-2/h4,6-7,9-15,20H,5,8,16-19H2,1-3H3,(H,27,30)/b9-4+. The number of fused-ring (bicyclic) bond motifs is 1. The highest BCUT2D eigenvalue weighted by Crippen LogP contribution is 2.22. The molecule has 0 aliphatic rings. The quantitative estimate of drug-likeness (QED) is 0.341. The number of rotatable bonds is 11. The van der Waals surface area contributed by atoms with Crippen LogP contribution in [0.1, 0.15) is 50.9 Å². The van der Waals surface area contributed by atoms with Crippen LogP contribution in [0.2, 0.25) is 0 Å². The Balaban J connectivity index is 1.58. The van der Waals surface area contributed by atoms with E-state index in [0.29, 0.717) is 25.5 Å². The molecule has 0 radical (unpaired) electrons. The number of nitrogens with zero attached hydrogens (tertiary/aromatic N) is 2. The van der Waals surface area contributed by atoms with E-state index in [9.17, 15) is 4.79 Å². The maximum atomic E-state index is 11.7. The molecule has 1 aromatic heterocycles. The topological polar surface area (TPSA) is 56.2 Å². The second-order valence-corrected chi connectivity index (χ2v) is 7.79. The lowest BCUT2D eigenvalue weighted by molar-refractivity contribution is -0.116. The van der Waals surface area contributed by atoms with Crippen molar-refractivity contribution in [3.8, 4) is 5.75 Å². The zero-order valence-corrected chi connectivity index (χ0v) is 18.8. The molecule has 1 N–H and O–H groups in total. The van der Waals surface area contributed by atoms with Gasteiger partial charge in [-0.05, 0) is 61.6 Å². The molecule has 0 fully saturated rings. The fourth-order valence-electron chi connectivity index (χ4n) is 3.61. The summed E-state index contributed by atoms with van der Waals surface area (Å²) in [6.07, 6.45) is 5.99. The Morgan fingerprint density at radius 3 is 2.71 bits per heavy atom. The molecule has 1 heterocycles. The number of carbonyl (C=O) groups is 1. The van der Waals surface area contributed by atoms with Gasteiger partial charge < -0.3 is 14.6 Å². The molecular weight excluding hydrogens is 386 g/mol. The highest BCUT2D eigenvalue weighted by Gasteiger charge is 2.10. The number of nitrogens with one attached hydrogen (secondary N) is 1. The number of imidazole rings is 1. The van der Waals surface area contributed by atoms with Crippen molar-refractivity contribution in [3.63, 3.8) is 0 Å². The van der Waals surface area contributed by atoms with Gasteiger partial charge in [-0.25, -0.2) is 4.98 Å². The van der Waals surface area contributed by atoms with Crippen LogP contribution >= 0.6 is 0 Å². The summed E-state index contributed by atoms with van der Waals surface area (Å²) in [5.74, 6) is 2.40. The maximum absolute atomic E-state index is 11.7. The van der Waals surface area contributed by atoms with E-state index < -0.39 is 0 Å². The van der Waals surface area contributed by atoms with E-state index in [0.717, 1.165) is 42.0 Å². The van der Waals surface area contributed by atoms with Crippen LogP contribution in [-0.2, 0) is 17.8 Å². The average molecular weight is 420 g/mol. The third kappa shape index (κ3) is 6.20. The minimum Gasteiger partial charge on any atom is -0.494 e. The van der Waals surface area contributed by atoms with Crippen molar-refractivity contribution >= 4 is 16.9 Å². The molecule has 1 atom stereocenters. The van der Waals surface area contributed by atoms with Crippen molar-refractivity contribution in [1.29, 1.82) is 0 Å². The molecule has 1 amide bonds. The Kier molecular flexibility index (Phi) is 8.27. The molecule has 0 aliphatic heterocycles. The van der Waals surface area contributed by atoms with Crippen LogP contribution in [0.25, 0.3) is 11.0 Å². The lowest BCUT2D eigenvalue weighted by Crippen LogP contribution is -2.24. The molecule has 0 bridgehead atoms. The van der Waals surface area contributed by atoms with Gasteiger partial charge >= 0.3 is 0 Å². The van der Waals surface area contributed by atoms with Gasteiger partial charge in [0.15, 0.2) is 0 Å². The molecule has 164 valence electrons. The highest BCUT2D eigenvalue weighted by molar-refractivity contribution is 5.87. The van der Waals surface area contributed by atoms with E-state index in [1.54, 1.807) is 6.08 Å². The maximum Gasteiger partial charge on any atom is 0.243 e. The molecule has 5 heteroatoms. The predicted molar refractivity (Wildman–Crippen MR) is 127 cm³/mol. The second-order valence-electron chi connectivity index (χ2n) is 7.79. The number of hydrogen-bond donors (Lipinski definition) is 1. The van der Waals surface area contributed by atoms with Crippen LogP contribution in [0.3, 0.4) is 0 Å². The SMILES string of the molecule is C/C=C/C(=O)NCCc1nc2ccccc2n1CCCOc1ccc(C(C)CC)cc1. The number of hydrogen-bond acceptors (Lipinski definition) is 3. The summed E-state index contributed by atoms with van der Waals surface area (Å²) in [4.78, 5) is 16.4. The van der Waals surface area contributed by atoms with E-state index in [-0.39, 0.29) is 5.91 Å². The van der Waals surface area contributed by atoms with Crippen molar-refractivity contribution in [1.82, 2.24) is 14.9 Å². The molecular formula is C26H33N3O2. The Hall–Kier alpha value is -3.08.